The highest BCUT2D eigenvalue weighted by Gasteiger charge is 2.26. The molecule has 2 aromatic heterocycles. The van der Waals surface area contributed by atoms with E-state index in [2.05, 4.69) is 10.2 Å². The first-order valence-corrected chi connectivity index (χ1v) is 10.7. The Labute approximate surface area is 180 Å². The van der Waals surface area contributed by atoms with Crippen LogP contribution in [-0.4, -0.2) is 63.4 Å². The molecular weight excluding hydrogens is 402 g/mol. The van der Waals surface area contributed by atoms with Gasteiger partial charge in [0, 0.05) is 39.1 Å². The van der Waals surface area contributed by atoms with Gasteiger partial charge in [-0.25, -0.2) is 19.4 Å². The van der Waals surface area contributed by atoms with Crippen LogP contribution in [0, 0.1) is 6.92 Å². The number of nitrogens with zero attached hydrogens (tertiary/aromatic N) is 6. The van der Waals surface area contributed by atoms with E-state index in [1.165, 1.54) is 0 Å². The third-order valence-electron chi connectivity index (χ3n) is 5.32. The van der Waals surface area contributed by atoms with E-state index in [0.717, 1.165) is 34.1 Å². The quantitative estimate of drug-likeness (QED) is 0.691. The monoisotopic (exact) mass is 427 g/mol. The number of hydrogen-bond donors (Lipinski definition) is 1. The zero-order chi connectivity index (χ0) is 21.3. The average molecular weight is 428 g/mol. The first-order valence-electron chi connectivity index (χ1n) is 10.3. The highest BCUT2D eigenvalue weighted by atomic mass is 35.5. The van der Waals surface area contributed by atoms with Crippen molar-refractivity contribution in [3.05, 3.63) is 40.8 Å². The molecule has 1 saturated heterocycles. The maximum absolute atomic E-state index is 12.1. The van der Waals surface area contributed by atoms with Crippen LogP contribution in [0.1, 0.15) is 25.4 Å². The number of hydrogen-bond acceptors (Lipinski definition) is 5. The molecule has 0 unspecified atom stereocenters. The van der Waals surface area contributed by atoms with E-state index in [1.54, 1.807) is 0 Å². The molecule has 2 amide bonds. The predicted molar refractivity (Wildman–Crippen MR) is 119 cm³/mol. The third kappa shape index (κ3) is 3.67. The molecule has 9 heteroatoms. The molecule has 1 aliphatic rings. The van der Waals surface area contributed by atoms with Crippen LogP contribution in [0.5, 0.6) is 0 Å². The first kappa shape index (κ1) is 20.4. The standard InChI is InChI=1S/C21H26ClN7O/c1-4-17-24-19(27-10-12-28(13-11-27)21(30)23-5-2)18-14(3)26-29(20(18)25-17)16-9-7-6-8-15(16)22/h6-9H,4-5,10-13H2,1-3H3,(H,23,30). The van der Waals surface area contributed by atoms with Gasteiger partial charge in [-0.3, -0.25) is 0 Å². The van der Waals surface area contributed by atoms with Gasteiger partial charge >= 0.3 is 6.03 Å². The molecule has 1 aliphatic heterocycles. The second kappa shape index (κ2) is 8.47. The van der Waals surface area contributed by atoms with Crippen LogP contribution in [0.25, 0.3) is 16.7 Å². The van der Waals surface area contributed by atoms with Crippen molar-refractivity contribution in [3.8, 4) is 5.69 Å². The Balaban J connectivity index is 1.75. The van der Waals surface area contributed by atoms with Crippen LogP contribution in [-0.2, 0) is 6.42 Å². The Bertz CT molecular complexity index is 1070. The van der Waals surface area contributed by atoms with Crippen molar-refractivity contribution in [1.82, 2.24) is 30.0 Å². The molecule has 0 radical (unpaired) electrons. The summed E-state index contributed by atoms with van der Waals surface area (Å²) in [6, 6.07) is 7.61. The molecular formula is C21H26ClN7O. The molecule has 30 heavy (non-hydrogen) atoms. The van der Waals surface area contributed by atoms with Crippen LogP contribution < -0.4 is 10.2 Å². The zero-order valence-corrected chi connectivity index (χ0v) is 18.3. The van der Waals surface area contributed by atoms with Gasteiger partial charge in [-0.1, -0.05) is 30.7 Å². The minimum atomic E-state index is -0.0121. The summed E-state index contributed by atoms with van der Waals surface area (Å²) in [5.74, 6) is 1.64. The number of carbonyl (C=O) groups excluding carboxylic acids is 1. The van der Waals surface area contributed by atoms with Gasteiger partial charge in [-0.05, 0) is 26.0 Å². The highest BCUT2D eigenvalue weighted by molar-refractivity contribution is 6.32. The molecule has 0 bridgehead atoms. The minimum absolute atomic E-state index is 0.0121. The maximum Gasteiger partial charge on any atom is 0.317 e. The molecule has 0 saturated carbocycles. The van der Waals surface area contributed by atoms with Crippen molar-refractivity contribution in [2.45, 2.75) is 27.2 Å². The van der Waals surface area contributed by atoms with Crippen LogP contribution >= 0.6 is 11.6 Å². The van der Waals surface area contributed by atoms with Crippen LogP contribution in [0.15, 0.2) is 24.3 Å². The Morgan fingerprint density at radius 3 is 2.53 bits per heavy atom. The molecule has 3 aromatic rings. The smallest absolute Gasteiger partial charge is 0.317 e. The van der Waals surface area contributed by atoms with Gasteiger partial charge in [0.05, 0.1) is 21.8 Å². The summed E-state index contributed by atoms with van der Waals surface area (Å²) < 4.78 is 1.81. The minimum Gasteiger partial charge on any atom is -0.352 e. The Morgan fingerprint density at radius 1 is 1.13 bits per heavy atom. The number of amides is 2. The zero-order valence-electron chi connectivity index (χ0n) is 17.5. The molecule has 1 aromatic carbocycles. The van der Waals surface area contributed by atoms with Crippen molar-refractivity contribution < 1.29 is 4.79 Å². The van der Waals surface area contributed by atoms with E-state index in [4.69, 9.17) is 26.7 Å². The number of benzene rings is 1. The number of para-hydroxylation sites is 1. The van der Waals surface area contributed by atoms with E-state index in [1.807, 2.05) is 54.6 Å². The van der Waals surface area contributed by atoms with E-state index < -0.39 is 0 Å². The van der Waals surface area contributed by atoms with Gasteiger partial charge in [0.1, 0.15) is 11.6 Å². The Kier molecular flexibility index (Phi) is 5.76. The molecule has 3 heterocycles. The summed E-state index contributed by atoms with van der Waals surface area (Å²) in [4.78, 5) is 25.9. The normalized spacial score (nSPS) is 14.4. The van der Waals surface area contributed by atoms with Crippen molar-refractivity contribution in [2.24, 2.45) is 0 Å². The number of aryl methyl sites for hydroxylation is 2. The van der Waals surface area contributed by atoms with Crippen LogP contribution in [0.2, 0.25) is 5.02 Å². The maximum atomic E-state index is 12.1. The molecule has 158 valence electrons. The summed E-state index contributed by atoms with van der Waals surface area (Å²) in [6.07, 6.45) is 0.717. The SMILES string of the molecule is CCNC(=O)N1CCN(c2nc(CC)nc3c2c(C)nn3-c2ccccc2Cl)CC1. The van der Waals surface area contributed by atoms with E-state index in [0.29, 0.717) is 44.2 Å². The fourth-order valence-electron chi connectivity index (χ4n) is 3.77. The molecule has 8 nitrogen and oxygen atoms in total. The molecule has 0 aliphatic carbocycles. The van der Waals surface area contributed by atoms with Crippen molar-refractivity contribution >= 4 is 34.5 Å². The number of fused-ring (bicyclic) bond motifs is 1. The second-order valence-corrected chi connectivity index (χ2v) is 7.68. The lowest BCUT2D eigenvalue weighted by atomic mass is 10.2. The van der Waals surface area contributed by atoms with Crippen molar-refractivity contribution in [1.29, 1.82) is 0 Å². The van der Waals surface area contributed by atoms with E-state index in [9.17, 15) is 4.79 Å². The largest absolute Gasteiger partial charge is 0.352 e. The first-order chi connectivity index (χ1) is 14.5. The molecule has 0 atom stereocenters. The fourth-order valence-corrected chi connectivity index (χ4v) is 3.98. The average Bonchev–Trinajstić information content (AvgIpc) is 3.10. The van der Waals surface area contributed by atoms with Gasteiger partial charge in [-0.15, -0.1) is 0 Å². The fraction of sp³-hybridized carbons (Fsp3) is 0.429. The van der Waals surface area contributed by atoms with E-state index in [-0.39, 0.29) is 6.03 Å². The summed E-state index contributed by atoms with van der Waals surface area (Å²) in [5, 5.41) is 9.17. The predicted octanol–water partition coefficient (Wildman–Crippen LogP) is 3.19. The van der Waals surface area contributed by atoms with Gasteiger partial charge < -0.3 is 15.1 Å². The van der Waals surface area contributed by atoms with Crippen LogP contribution in [0.4, 0.5) is 10.6 Å². The number of halogens is 1. The van der Waals surface area contributed by atoms with Crippen molar-refractivity contribution in [2.75, 3.05) is 37.6 Å². The summed E-state index contributed by atoms with van der Waals surface area (Å²) in [6.45, 7) is 9.29. The Morgan fingerprint density at radius 2 is 1.87 bits per heavy atom. The van der Waals surface area contributed by atoms with Crippen molar-refractivity contribution in [3.63, 3.8) is 0 Å². The molecule has 4 rings (SSSR count). The molecule has 1 fully saturated rings. The molecule has 0 spiro atoms. The Hall–Kier alpha value is -2.87. The lowest BCUT2D eigenvalue weighted by Crippen LogP contribution is -2.52. The second-order valence-electron chi connectivity index (χ2n) is 7.27. The number of rotatable bonds is 4. The van der Waals surface area contributed by atoms with Gasteiger partial charge in [0.15, 0.2) is 5.65 Å². The lowest BCUT2D eigenvalue weighted by molar-refractivity contribution is 0.195. The summed E-state index contributed by atoms with van der Waals surface area (Å²) in [5.41, 5.74) is 2.41. The number of anilines is 1. The molecule has 1 N–H and O–H groups in total. The number of carbonyl (C=O) groups is 1. The van der Waals surface area contributed by atoms with Gasteiger partial charge in [0.25, 0.3) is 0 Å². The summed E-state index contributed by atoms with van der Waals surface area (Å²) in [7, 11) is 0. The lowest BCUT2D eigenvalue weighted by Gasteiger charge is -2.35. The third-order valence-corrected chi connectivity index (χ3v) is 5.64. The number of aromatic nitrogens is 4. The van der Waals surface area contributed by atoms with Gasteiger partial charge in [-0.2, -0.15) is 5.10 Å². The topological polar surface area (TPSA) is 79.2 Å². The van der Waals surface area contributed by atoms with Crippen LogP contribution in [0.3, 0.4) is 0 Å². The number of piperazine rings is 1. The van der Waals surface area contributed by atoms with E-state index >= 15 is 0 Å². The highest BCUT2D eigenvalue weighted by Crippen LogP contribution is 2.31. The number of nitrogens with one attached hydrogen (secondary N) is 1. The number of urea groups is 1. The van der Waals surface area contributed by atoms with Gasteiger partial charge in [0.2, 0.25) is 0 Å². The summed E-state index contributed by atoms with van der Waals surface area (Å²) >= 11 is 6.44.